The number of carbonyl (C=O) groups excluding carboxylic acids is 1. The lowest BCUT2D eigenvalue weighted by Crippen LogP contribution is -2.20. The van der Waals surface area contributed by atoms with Crippen LogP contribution in [0.4, 0.5) is 0 Å². The molecule has 0 radical (unpaired) electrons. The van der Waals surface area contributed by atoms with Gasteiger partial charge < -0.3 is 16.2 Å². The Kier molecular flexibility index (Phi) is 12.8. The second kappa shape index (κ2) is 11.7. The minimum atomic E-state index is -0.333. The largest absolute Gasteiger partial charge is 0.466 e. The van der Waals surface area contributed by atoms with Crippen LogP contribution in [0.15, 0.2) is 0 Å². The third kappa shape index (κ3) is 22.4. The zero-order valence-electron chi connectivity index (χ0n) is 9.01. The van der Waals surface area contributed by atoms with Crippen molar-refractivity contribution in [3.8, 4) is 0 Å². The summed E-state index contributed by atoms with van der Waals surface area (Å²) < 4.78 is 4.75. The second-order valence-electron chi connectivity index (χ2n) is 2.72. The van der Waals surface area contributed by atoms with Crippen LogP contribution in [0.3, 0.4) is 0 Å². The van der Waals surface area contributed by atoms with Crippen molar-refractivity contribution in [3.05, 3.63) is 0 Å². The molecule has 0 amide bonds. The summed E-state index contributed by atoms with van der Waals surface area (Å²) in [6.07, 6.45) is 3.83. The van der Waals surface area contributed by atoms with Gasteiger partial charge >= 0.3 is 5.97 Å². The third-order valence-corrected chi connectivity index (χ3v) is 1.29. The summed E-state index contributed by atoms with van der Waals surface area (Å²) in [5.41, 5.74) is 8.94. The van der Waals surface area contributed by atoms with E-state index in [1.807, 2.05) is 6.92 Å². The molecule has 0 aromatic rings. The van der Waals surface area contributed by atoms with Gasteiger partial charge in [0.25, 0.3) is 0 Å². The van der Waals surface area contributed by atoms with Crippen molar-refractivity contribution >= 4 is 11.9 Å². The van der Waals surface area contributed by atoms with Crippen molar-refractivity contribution in [2.24, 2.45) is 11.5 Å². The molecule has 0 unspecified atom stereocenters. The molecule has 0 aliphatic carbocycles. The predicted octanol–water partition coefficient (Wildman–Crippen LogP) is 0.968. The van der Waals surface area contributed by atoms with Crippen molar-refractivity contribution in [3.63, 3.8) is 0 Å². The smallest absolute Gasteiger partial charge is 0.305 e. The zero-order chi connectivity index (χ0) is 11.4. The molecule has 0 aliphatic rings. The standard InChI is InChI=1S/C8H16O2.CH5N3/c1-3-5-6-7-8(9)10-4-2;2-1(3)4/h3-7H2,1-2H3;(H5,2,3,4). The van der Waals surface area contributed by atoms with Crippen molar-refractivity contribution < 1.29 is 9.53 Å². The maximum atomic E-state index is 10.7. The average Bonchev–Trinajstić information content (AvgIpc) is 2.04. The van der Waals surface area contributed by atoms with E-state index in [0.29, 0.717) is 13.0 Å². The fourth-order valence-corrected chi connectivity index (χ4v) is 0.752. The normalized spacial score (nSPS) is 8.43. The maximum absolute atomic E-state index is 10.7. The molecule has 0 rings (SSSR count). The summed E-state index contributed by atoms with van der Waals surface area (Å²) in [6, 6.07) is 0. The highest BCUT2D eigenvalue weighted by Crippen LogP contribution is 1.99. The minimum absolute atomic E-state index is 0.0593. The fraction of sp³-hybridized carbons (Fsp3) is 0.778. The van der Waals surface area contributed by atoms with E-state index in [0.717, 1.165) is 19.3 Å². The SMILES string of the molecule is CCCCCC(=O)OCC.N=C(N)N. The molecule has 0 heterocycles. The molecule has 0 saturated carbocycles. The van der Waals surface area contributed by atoms with Crippen LogP contribution in [0, 0.1) is 5.41 Å². The van der Waals surface area contributed by atoms with E-state index in [2.05, 4.69) is 18.4 Å². The first-order chi connectivity index (χ1) is 6.54. The Labute approximate surface area is 85.3 Å². The Morgan fingerprint density at radius 3 is 2.14 bits per heavy atom. The van der Waals surface area contributed by atoms with E-state index >= 15 is 0 Å². The Morgan fingerprint density at radius 2 is 1.79 bits per heavy atom. The first-order valence-electron chi connectivity index (χ1n) is 4.79. The van der Waals surface area contributed by atoms with Crippen LogP contribution in [-0.4, -0.2) is 18.5 Å². The molecule has 0 aromatic carbocycles. The van der Waals surface area contributed by atoms with Gasteiger partial charge in [0.15, 0.2) is 5.96 Å². The first-order valence-corrected chi connectivity index (χ1v) is 4.79. The number of rotatable bonds is 5. The molecule has 14 heavy (non-hydrogen) atoms. The summed E-state index contributed by atoms with van der Waals surface area (Å²) in [6.45, 7) is 4.45. The van der Waals surface area contributed by atoms with E-state index in [4.69, 9.17) is 10.1 Å². The zero-order valence-corrected chi connectivity index (χ0v) is 9.01. The van der Waals surface area contributed by atoms with Crippen molar-refractivity contribution in [1.82, 2.24) is 0 Å². The summed E-state index contributed by atoms with van der Waals surface area (Å²) >= 11 is 0. The van der Waals surface area contributed by atoms with Gasteiger partial charge in [-0.1, -0.05) is 19.8 Å². The Balaban J connectivity index is 0. The fourth-order valence-electron chi connectivity index (χ4n) is 0.752. The lowest BCUT2D eigenvalue weighted by atomic mass is 10.2. The van der Waals surface area contributed by atoms with Crippen LogP contribution >= 0.6 is 0 Å². The predicted molar refractivity (Wildman–Crippen MR) is 56.9 cm³/mol. The topological polar surface area (TPSA) is 102 Å². The summed E-state index contributed by atoms with van der Waals surface area (Å²) in [5, 5.41) is 6.06. The number of hydrogen-bond donors (Lipinski definition) is 3. The highest BCUT2D eigenvalue weighted by atomic mass is 16.5. The Hall–Kier alpha value is -1.26. The van der Waals surface area contributed by atoms with Gasteiger partial charge in [0.2, 0.25) is 0 Å². The van der Waals surface area contributed by atoms with Crippen molar-refractivity contribution in [1.29, 1.82) is 5.41 Å². The van der Waals surface area contributed by atoms with Crippen LogP contribution in [0.5, 0.6) is 0 Å². The molecule has 0 saturated heterocycles. The molecule has 0 aromatic heterocycles. The molecule has 84 valence electrons. The maximum Gasteiger partial charge on any atom is 0.305 e. The van der Waals surface area contributed by atoms with E-state index in [-0.39, 0.29) is 11.9 Å². The van der Waals surface area contributed by atoms with E-state index in [1.165, 1.54) is 0 Å². The molecular weight excluding hydrogens is 182 g/mol. The number of esters is 1. The van der Waals surface area contributed by atoms with Crippen molar-refractivity contribution in [2.75, 3.05) is 6.61 Å². The summed E-state index contributed by atoms with van der Waals surface area (Å²) in [4.78, 5) is 10.7. The second-order valence-corrected chi connectivity index (χ2v) is 2.72. The summed E-state index contributed by atoms with van der Waals surface area (Å²) in [7, 11) is 0. The van der Waals surface area contributed by atoms with Gasteiger partial charge in [-0.05, 0) is 13.3 Å². The van der Waals surface area contributed by atoms with Gasteiger partial charge in [0.05, 0.1) is 6.61 Å². The number of nitrogens with two attached hydrogens (primary N) is 2. The van der Waals surface area contributed by atoms with Crippen LogP contribution in [-0.2, 0) is 9.53 Å². The summed E-state index contributed by atoms with van der Waals surface area (Å²) in [5.74, 6) is -0.393. The molecule has 5 heteroatoms. The highest BCUT2D eigenvalue weighted by molar-refractivity contribution is 5.71. The van der Waals surface area contributed by atoms with Gasteiger partial charge in [0.1, 0.15) is 0 Å². The number of ether oxygens (including phenoxy) is 1. The third-order valence-electron chi connectivity index (χ3n) is 1.29. The van der Waals surface area contributed by atoms with Gasteiger partial charge in [0, 0.05) is 6.42 Å². The van der Waals surface area contributed by atoms with E-state index < -0.39 is 0 Å². The number of nitrogens with one attached hydrogen (secondary N) is 1. The molecule has 0 fully saturated rings. The van der Waals surface area contributed by atoms with Gasteiger partial charge in [-0.3, -0.25) is 10.2 Å². The quantitative estimate of drug-likeness (QED) is 0.268. The van der Waals surface area contributed by atoms with Crippen LogP contribution < -0.4 is 11.5 Å². The molecule has 5 nitrogen and oxygen atoms in total. The lowest BCUT2D eigenvalue weighted by Gasteiger charge is -1.99. The average molecular weight is 203 g/mol. The molecule has 0 bridgehead atoms. The Bertz CT molecular complexity index is 156. The minimum Gasteiger partial charge on any atom is -0.466 e. The lowest BCUT2D eigenvalue weighted by molar-refractivity contribution is -0.143. The highest BCUT2D eigenvalue weighted by Gasteiger charge is 1.98. The van der Waals surface area contributed by atoms with Crippen LogP contribution in [0.1, 0.15) is 39.5 Å². The molecule has 5 N–H and O–H groups in total. The molecule has 0 aliphatic heterocycles. The van der Waals surface area contributed by atoms with Crippen LogP contribution in [0.2, 0.25) is 0 Å². The molecule has 0 atom stereocenters. The van der Waals surface area contributed by atoms with E-state index in [1.54, 1.807) is 0 Å². The van der Waals surface area contributed by atoms with Gasteiger partial charge in [-0.15, -0.1) is 0 Å². The van der Waals surface area contributed by atoms with Crippen molar-refractivity contribution in [2.45, 2.75) is 39.5 Å². The monoisotopic (exact) mass is 203 g/mol. The van der Waals surface area contributed by atoms with E-state index in [9.17, 15) is 4.79 Å². The molecular formula is C9H21N3O2. The number of hydrogen-bond acceptors (Lipinski definition) is 3. The van der Waals surface area contributed by atoms with Gasteiger partial charge in [-0.25, -0.2) is 0 Å². The van der Waals surface area contributed by atoms with Crippen LogP contribution in [0.25, 0.3) is 0 Å². The molecule has 0 spiro atoms. The number of carbonyl (C=O) groups is 1. The van der Waals surface area contributed by atoms with Gasteiger partial charge in [-0.2, -0.15) is 0 Å². The number of unbranched alkanes of at least 4 members (excludes halogenated alkanes) is 2. The first kappa shape index (κ1) is 15.2. The number of guanidine groups is 1. The Morgan fingerprint density at radius 1 is 1.29 bits per heavy atom.